The summed E-state index contributed by atoms with van der Waals surface area (Å²) in [6, 6.07) is 4.80. The molecule has 1 aromatic rings. The molecule has 0 spiro atoms. The Balaban J connectivity index is 0.000000671. The molecule has 0 saturated heterocycles. The van der Waals surface area contributed by atoms with Crippen molar-refractivity contribution in [2.75, 3.05) is 0 Å². The molecule has 0 radical (unpaired) electrons. The van der Waals surface area contributed by atoms with Gasteiger partial charge < -0.3 is 0 Å². The van der Waals surface area contributed by atoms with Crippen LogP contribution in [0.1, 0.15) is 24.3 Å². The van der Waals surface area contributed by atoms with Gasteiger partial charge in [0.25, 0.3) is 5.91 Å². The largest absolute Gasteiger partial charge is 0.285 e. The van der Waals surface area contributed by atoms with Crippen molar-refractivity contribution >= 4 is 5.91 Å². The summed E-state index contributed by atoms with van der Waals surface area (Å²) in [6.07, 6.45) is 1.46. The van der Waals surface area contributed by atoms with E-state index in [1.54, 1.807) is 12.1 Å². The number of amides is 1. The molecule has 0 bridgehead atoms. The average Bonchev–Trinajstić information content (AvgIpc) is 2.23. The van der Waals surface area contributed by atoms with Crippen molar-refractivity contribution < 1.29 is 4.79 Å². The third-order valence-electron chi connectivity index (χ3n) is 1.02. The van der Waals surface area contributed by atoms with Crippen LogP contribution in [0.5, 0.6) is 0 Å². The van der Waals surface area contributed by atoms with Gasteiger partial charge in [0.1, 0.15) is 5.69 Å². The summed E-state index contributed by atoms with van der Waals surface area (Å²) in [7, 11) is 0. The normalized spacial score (nSPS) is 7.54. The van der Waals surface area contributed by atoms with Crippen molar-refractivity contribution in [3.8, 4) is 0 Å². The van der Waals surface area contributed by atoms with Gasteiger partial charge in [-0.05, 0) is 22.8 Å². The Bertz CT molecular complexity index is 303. The second-order valence-electron chi connectivity index (χ2n) is 1.71. The van der Waals surface area contributed by atoms with E-state index >= 15 is 0 Å². The topological polar surface area (TPSA) is 78.7 Å². The molecule has 1 amide bonds. The molecule has 0 atom stereocenters. The Morgan fingerprint density at radius 2 is 2.23 bits per heavy atom. The number of hydrogen-bond donors (Lipinski definition) is 0. The number of carbonyl (C=O) groups is 1. The highest BCUT2D eigenvalue weighted by atomic mass is 16.1. The van der Waals surface area contributed by atoms with Gasteiger partial charge in [-0.3, -0.25) is 9.78 Å². The van der Waals surface area contributed by atoms with Gasteiger partial charge in [-0.15, -0.1) is 0 Å². The zero-order valence-corrected chi connectivity index (χ0v) is 7.51. The lowest BCUT2D eigenvalue weighted by molar-refractivity contribution is 0.0995. The molecule has 1 aromatic heterocycles. The smallest absolute Gasteiger partial charge is 0.267 e. The Hall–Kier alpha value is -1.87. The maximum atomic E-state index is 10.8. The molecule has 1 rings (SSSR count). The van der Waals surface area contributed by atoms with Gasteiger partial charge in [-0.1, -0.05) is 19.9 Å². The quantitative estimate of drug-likeness (QED) is 0.376. The molecule has 68 valence electrons. The first-order valence-corrected chi connectivity index (χ1v) is 3.85. The molecule has 0 fully saturated rings. The molecule has 13 heavy (non-hydrogen) atoms. The highest BCUT2D eigenvalue weighted by molar-refractivity contribution is 5.92. The van der Waals surface area contributed by atoms with Crippen LogP contribution < -0.4 is 0 Å². The first-order valence-electron chi connectivity index (χ1n) is 3.85. The van der Waals surface area contributed by atoms with Gasteiger partial charge in [-0.2, -0.15) is 0 Å². The molecule has 0 aliphatic carbocycles. The Morgan fingerprint density at radius 1 is 1.54 bits per heavy atom. The lowest BCUT2D eigenvalue weighted by atomic mass is 10.3. The van der Waals surface area contributed by atoms with Gasteiger partial charge in [0.15, 0.2) is 0 Å². The Labute approximate surface area is 76.0 Å². The van der Waals surface area contributed by atoms with Crippen LogP contribution in [0.4, 0.5) is 0 Å². The van der Waals surface area contributed by atoms with E-state index in [1.807, 2.05) is 13.8 Å². The predicted molar refractivity (Wildman–Crippen MR) is 49.1 cm³/mol. The molecule has 1 heterocycles. The van der Waals surface area contributed by atoms with E-state index in [0.717, 1.165) is 0 Å². The summed E-state index contributed by atoms with van der Waals surface area (Å²) >= 11 is 0. The van der Waals surface area contributed by atoms with Gasteiger partial charge in [-0.25, -0.2) is 0 Å². The maximum Gasteiger partial charge on any atom is 0.267 e. The number of carbonyl (C=O) groups excluding carboxylic acids is 1. The summed E-state index contributed by atoms with van der Waals surface area (Å²) < 4.78 is 0. The fraction of sp³-hybridized carbons (Fsp3) is 0.250. The highest BCUT2D eigenvalue weighted by Crippen LogP contribution is 1.95. The van der Waals surface area contributed by atoms with E-state index in [2.05, 4.69) is 15.0 Å². The minimum absolute atomic E-state index is 0.158. The highest BCUT2D eigenvalue weighted by Gasteiger charge is 2.00. The molecule has 5 nitrogen and oxygen atoms in total. The van der Waals surface area contributed by atoms with Gasteiger partial charge in [0.2, 0.25) is 0 Å². The lowest BCUT2D eigenvalue weighted by Gasteiger charge is -1.88. The number of nitrogens with zero attached hydrogens (tertiary/aromatic N) is 4. The van der Waals surface area contributed by atoms with Gasteiger partial charge in [0.05, 0.1) is 0 Å². The predicted octanol–water partition coefficient (Wildman–Crippen LogP) is 2.56. The van der Waals surface area contributed by atoms with E-state index in [9.17, 15) is 4.79 Å². The van der Waals surface area contributed by atoms with E-state index in [0.29, 0.717) is 0 Å². The van der Waals surface area contributed by atoms with E-state index in [4.69, 9.17) is 5.53 Å². The van der Waals surface area contributed by atoms with Crippen LogP contribution in [0.2, 0.25) is 0 Å². The first kappa shape index (κ1) is 11.1. The third-order valence-corrected chi connectivity index (χ3v) is 1.02. The standard InChI is InChI=1S/C6H4N4O.C2H6/c7-10-9-6(11)5-3-1-2-4-8-5;1-2/h1-4H;1-2H3. The second kappa shape index (κ2) is 6.82. The zero-order chi connectivity index (χ0) is 10.1. The molecule has 0 aliphatic heterocycles. The van der Waals surface area contributed by atoms with Crippen molar-refractivity contribution in [1.82, 2.24) is 4.98 Å². The third kappa shape index (κ3) is 3.88. The molecule has 0 N–H and O–H groups in total. The van der Waals surface area contributed by atoms with Crippen LogP contribution >= 0.6 is 0 Å². The first-order chi connectivity index (χ1) is 6.34. The molecule has 0 aromatic carbocycles. The minimum Gasteiger partial charge on any atom is -0.285 e. The summed E-state index contributed by atoms with van der Waals surface area (Å²) in [5, 5.41) is 2.87. The Morgan fingerprint density at radius 3 is 2.69 bits per heavy atom. The number of aromatic nitrogens is 1. The average molecular weight is 178 g/mol. The van der Waals surface area contributed by atoms with Crippen LogP contribution in [0.15, 0.2) is 29.5 Å². The summed E-state index contributed by atoms with van der Waals surface area (Å²) in [5.41, 5.74) is 8.07. The molecule has 0 unspecified atom stereocenters. The van der Waals surface area contributed by atoms with Crippen LogP contribution in [-0.4, -0.2) is 10.9 Å². The summed E-state index contributed by atoms with van der Waals surface area (Å²) in [6.45, 7) is 4.00. The van der Waals surface area contributed by atoms with Crippen molar-refractivity contribution in [3.05, 3.63) is 40.5 Å². The SMILES string of the molecule is CC.[N-]=[N+]=NC(=O)c1ccccn1. The van der Waals surface area contributed by atoms with Crippen LogP contribution in [0.25, 0.3) is 10.4 Å². The van der Waals surface area contributed by atoms with E-state index < -0.39 is 5.91 Å². The van der Waals surface area contributed by atoms with E-state index in [-0.39, 0.29) is 5.69 Å². The summed E-state index contributed by atoms with van der Waals surface area (Å²) in [4.78, 5) is 16.8. The van der Waals surface area contributed by atoms with Crippen LogP contribution in [0, 0.1) is 0 Å². The number of pyridine rings is 1. The molecule has 5 heteroatoms. The van der Waals surface area contributed by atoms with Gasteiger partial charge in [0, 0.05) is 11.1 Å². The summed E-state index contributed by atoms with van der Waals surface area (Å²) in [5.74, 6) is -0.659. The fourth-order valence-electron chi connectivity index (χ4n) is 0.581. The second-order valence-corrected chi connectivity index (χ2v) is 1.71. The molecule has 0 aliphatic rings. The number of hydrogen-bond acceptors (Lipinski definition) is 2. The molecule has 0 saturated carbocycles. The number of rotatable bonds is 1. The maximum absolute atomic E-state index is 10.8. The lowest BCUT2D eigenvalue weighted by Crippen LogP contribution is -1.95. The minimum atomic E-state index is -0.659. The number of azide groups is 1. The fourth-order valence-corrected chi connectivity index (χ4v) is 0.581. The van der Waals surface area contributed by atoms with Crippen LogP contribution in [0.3, 0.4) is 0 Å². The van der Waals surface area contributed by atoms with Crippen molar-refractivity contribution in [2.45, 2.75) is 13.8 Å². The molecular formula is C8H10N4O. The van der Waals surface area contributed by atoms with Gasteiger partial charge >= 0.3 is 0 Å². The van der Waals surface area contributed by atoms with Crippen LogP contribution in [-0.2, 0) is 0 Å². The van der Waals surface area contributed by atoms with Crippen molar-refractivity contribution in [3.63, 3.8) is 0 Å². The zero-order valence-electron chi connectivity index (χ0n) is 7.51. The Kier molecular flexibility index (Phi) is 5.84. The van der Waals surface area contributed by atoms with Crippen molar-refractivity contribution in [2.24, 2.45) is 5.11 Å². The van der Waals surface area contributed by atoms with Crippen molar-refractivity contribution in [1.29, 1.82) is 0 Å². The monoisotopic (exact) mass is 178 g/mol. The molecular weight excluding hydrogens is 168 g/mol. The van der Waals surface area contributed by atoms with E-state index in [1.165, 1.54) is 12.3 Å².